The van der Waals surface area contributed by atoms with E-state index in [1.54, 1.807) is 12.0 Å². The van der Waals surface area contributed by atoms with E-state index in [9.17, 15) is 4.79 Å². The fourth-order valence-electron chi connectivity index (χ4n) is 4.06. The maximum absolute atomic E-state index is 12.6. The molecular formula is C24H33N3O2. The Bertz CT molecular complexity index is 808. The summed E-state index contributed by atoms with van der Waals surface area (Å²) in [7, 11) is 3.50. The molecule has 0 bridgehead atoms. The van der Waals surface area contributed by atoms with Gasteiger partial charge in [-0.3, -0.25) is 0 Å². The number of carbonyl (C=O) groups is 1. The minimum Gasteiger partial charge on any atom is -0.497 e. The number of hydrogen-bond acceptors (Lipinski definition) is 3. The Morgan fingerprint density at radius 2 is 2.07 bits per heavy atom. The van der Waals surface area contributed by atoms with E-state index in [0.29, 0.717) is 5.92 Å². The van der Waals surface area contributed by atoms with Crippen molar-refractivity contribution < 1.29 is 9.53 Å². The molecule has 0 saturated carbocycles. The summed E-state index contributed by atoms with van der Waals surface area (Å²) in [6.07, 6.45) is 3.47. The van der Waals surface area contributed by atoms with Crippen molar-refractivity contribution in [2.24, 2.45) is 5.92 Å². The van der Waals surface area contributed by atoms with Crippen LogP contribution in [0.4, 0.5) is 10.5 Å². The van der Waals surface area contributed by atoms with Crippen molar-refractivity contribution in [3.8, 4) is 5.75 Å². The summed E-state index contributed by atoms with van der Waals surface area (Å²) in [5.41, 5.74) is 3.56. The number of piperidine rings is 1. The fraction of sp³-hybridized carbons (Fsp3) is 0.458. The van der Waals surface area contributed by atoms with Crippen molar-refractivity contribution in [3.63, 3.8) is 0 Å². The maximum atomic E-state index is 12.6. The first-order valence-electron chi connectivity index (χ1n) is 10.5. The minimum absolute atomic E-state index is 0.0738. The van der Waals surface area contributed by atoms with Gasteiger partial charge in [0, 0.05) is 38.4 Å². The highest BCUT2D eigenvalue weighted by atomic mass is 16.5. The van der Waals surface area contributed by atoms with Gasteiger partial charge in [0.25, 0.3) is 0 Å². The van der Waals surface area contributed by atoms with Crippen LogP contribution < -0.4 is 10.1 Å². The minimum atomic E-state index is -0.0738. The summed E-state index contributed by atoms with van der Waals surface area (Å²) in [6.45, 7) is 6.26. The number of aryl methyl sites for hydroxylation is 1. The molecule has 1 unspecified atom stereocenters. The van der Waals surface area contributed by atoms with Gasteiger partial charge in [-0.1, -0.05) is 30.3 Å². The summed E-state index contributed by atoms with van der Waals surface area (Å²) in [5, 5.41) is 2.96. The molecular weight excluding hydrogens is 362 g/mol. The number of nitrogens with one attached hydrogen (secondary N) is 1. The van der Waals surface area contributed by atoms with E-state index in [2.05, 4.69) is 41.4 Å². The van der Waals surface area contributed by atoms with Crippen molar-refractivity contribution in [1.29, 1.82) is 0 Å². The van der Waals surface area contributed by atoms with E-state index in [0.717, 1.165) is 44.0 Å². The topological polar surface area (TPSA) is 44.8 Å². The number of carbonyl (C=O) groups excluding carboxylic acids is 1. The molecule has 3 rings (SSSR count). The summed E-state index contributed by atoms with van der Waals surface area (Å²) < 4.78 is 5.22. The predicted molar refractivity (Wildman–Crippen MR) is 119 cm³/mol. The highest BCUT2D eigenvalue weighted by molar-refractivity contribution is 5.89. The van der Waals surface area contributed by atoms with Crippen LogP contribution in [0.15, 0.2) is 48.5 Å². The molecule has 1 atom stereocenters. The van der Waals surface area contributed by atoms with Crippen molar-refractivity contribution >= 4 is 11.7 Å². The third kappa shape index (κ3) is 6.23. The molecule has 0 aromatic heterocycles. The summed E-state index contributed by atoms with van der Waals surface area (Å²) in [4.78, 5) is 16.9. The number of nitrogens with zero attached hydrogens (tertiary/aromatic N) is 2. The molecule has 0 radical (unpaired) electrons. The second-order valence-electron chi connectivity index (χ2n) is 8.03. The van der Waals surface area contributed by atoms with E-state index in [4.69, 9.17) is 4.74 Å². The van der Waals surface area contributed by atoms with Crippen LogP contribution in [-0.4, -0.2) is 56.2 Å². The smallest absolute Gasteiger partial charge is 0.321 e. The van der Waals surface area contributed by atoms with E-state index in [-0.39, 0.29) is 6.03 Å². The molecule has 1 heterocycles. The van der Waals surface area contributed by atoms with E-state index < -0.39 is 0 Å². The SMILES string of the molecule is COc1cccc(NC(=O)N(C)CC2CCCN(CCc3ccccc3C)C2)c1. The highest BCUT2D eigenvalue weighted by Crippen LogP contribution is 2.20. The number of methoxy groups -OCH3 is 1. The molecule has 1 saturated heterocycles. The van der Waals surface area contributed by atoms with Crippen molar-refractivity contribution in [2.75, 3.05) is 45.7 Å². The van der Waals surface area contributed by atoms with Gasteiger partial charge >= 0.3 is 6.03 Å². The van der Waals surface area contributed by atoms with Gasteiger partial charge in [0.1, 0.15) is 5.75 Å². The molecule has 156 valence electrons. The summed E-state index contributed by atoms with van der Waals surface area (Å²) in [6, 6.07) is 16.0. The number of hydrogen-bond donors (Lipinski definition) is 1. The van der Waals surface area contributed by atoms with Gasteiger partial charge in [0.05, 0.1) is 7.11 Å². The van der Waals surface area contributed by atoms with Crippen LogP contribution in [0.2, 0.25) is 0 Å². The average Bonchev–Trinajstić information content (AvgIpc) is 2.73. The number of ether oxygens (including phenoxy) is 1. The first kappa shape index (κ1) is 21.2. The van der Waals surface area contributed by atoms with Crippen LogP contribution in [0.25, 0.3) is 0 Å². The van der Waals surface area contributed by atoms with E-state index in [1.165, 1.54) is 24.0 Å². The van der Waals surface area contributed by atoms with Gasteiger partial charge in [0.15, 0.2) is 0 Å². The Balaban J connectivity index is 1.47. The van der Waals surface area contributed by atoms with Crippen molar-refractivity contribution in [1.82, 2.24) is 9.80 Å². The van der Waals surface area contributed by atoms with Crippen LogP contribution in [0.3, 0.4) is 0 Å². The Hall–Kier alpha value is -2.53. The van der Waals surface area contributed by atoms with Gasteiger partial charge in [-0.2, -0.15) is 0 Å². The van der Waals surface area contributed by atoms with Crippen LogP contribution >= 0.6 is 0 Å². The lowest BCUT2D eigenvalue weighted by molar-refractivity contribution is 0.150. The largest absolute Gasteiger partial charge is 0.497 e. The van der Waals surface area contributed by atoms with Gasteiger partial charge in [-0.15, -0.1) is 0 Å². The normalized spacial score (nSPS) is 17.0. The first-order valence-corrected chi connectivity index (χ1v) is 10.5. The number of urea groups is 1. The van der Waals surface area contributed by atoms with E-state index >= 15 is 0 Å². The molecule has 1 N–H and O–H groups in total. The van der Waals surface area contributed by atoms with Gasteiger partial charge in [-0.05, 0) is 61.9 Å². The van der Waals surface area contributed by atoms with Crippen molar-refractivity contribution in [3.05, 3.63) is 59.7 Å². The Morgan fingerprint density at radius 3 is 2.86 bits per heavy atom. The Labute approximate surface area is 174 Å². The third-order valence-corrected chi connectivity index (χ3v) is 5.76. The van der Waals surface area contributed by atoms with Gasteiger partial charge < -0.3 is 19.9 Å². The predicted octanol–water partition coefficient (Wildman–Crippen LogP) is 4.42. The second-order valence-corrected chi connectivity index (χ2v) is 8.03. The standard InChI is InChI=1S/C24H33N3O2/c1-19-8-4-5-10-21(19)13-15-27-14-7-9-20(18-27)17-26(2)24(28)25-22-11-6-12-23(16-22)29-3/h4-6,8,10-12,16,20H,7,9,13-15,17-18H2,1-3H3,(H,25,28). The first-order chi connectivity index (χ1) is 14.0. The van der Waals surface area contributed by atoms with Gasteiger partial charge in [-0.25, -0.2) is 4.79 Å². The zero-order valence-electron chi connectivity index (χ0n) is 17.9. The molecule has 5 nitrogen and oxygen atoms in total. The van der Waals surface area contributed by atoms with Crippen LogP contribution in [-0.2, 0) is 6.42 Å². The number of rotatable bonds is 7. The quantitative estimate of drug-likeness (QED) is 0.755. The third-order valence-electron chi connectivity index (χ3n) is 5.76. The molecule has 1 fully saturated rings. The van der Waals surface area contributed by atoms with Crippen LogP contribution in [0.5, 0.6) is 5.75 Å². The summed E-state index contributed by atoms with van der Waals surface area (Å²) >= 11 is 0. The van der Waals surface area contributed by atoms with Crippen molar-refractivity contribution in [2.45, 2.75) is 26.2 Å². The fourth-order valence-corrected chi connectivity index (χ4v) is 4.06. The zero-order chi connectivity index (χ0) is 20.6. The summed E-state index contributed by atoms with van der Waals surface area (Å²) in [5.74, 6) is 1.25. The number of amides is 2. The van der Waals surface area contributed by atoms with Crippen LogP contribution in [0, 0.1) is 12.8 Å². The second kappa shape index (κ2) is 10.3. The number of likely N-dealkylation sites (tertiary alicyclic amines) is 1. The Morgan fingerprint density at radius 1 is 1.24 bits per heavy atom. The van der Waals surface area contributed by atoms with Gasteiger partial charge in [0.2, 0.25) is 0 Å². The molecule has 0 aliphatic carbocycles. The lowest BCUT2D eigenvalue weighted by Gasteiger charge is -2.34. The maximum Gasteiger partial charge on any atom is 0.321 e. The van der Waals surface area contributed by atoms with E-state index in [1.807, 2.05) is 31.3 Å². The molecule has 1 aliphatic rings. The molecule has 29 heavy (non-hydrogen) atoms. The number of anilines is 1. The number of benzene rings is 2. The molecule has 2 aromatic rings. The average molecular weight is 396 g/mol. The lowest BCUT2D eigenvalue weighted by atomic mass is 9.97. The zero-order valence-corrected chi connectivity index (χ0v) is 17.9. The molecule has 2 amide bonds. The molecule has 2 aromatic carbocycles. The monoisotopic (exact) mass is 395 g/mol. The van der Waals surface area contributed by atoms with Crippen LogP contribution in [0.1, 0.15) is 24.0 Å². The highest BCUT2D eigenvalue weighted by Gasteiger charge is 2.22. The molecule has 0 spiro atoms. The Kier molecular flexibility index (Phi) is 7.53. The molecule has 5 heteroatoms. The lowest BCUT2D eigenvalue weighted by Crippen LogP contribution is -2.43. The molecule has 1 aliphatic heterocycles.